The Kier molecular flexibility index (Phi) is 2.51. The molecule has 1 N–H and O–H groups in total. The predicted octanol–water partition coefficient (Wildman–Crippen LogP) is 3.25. The summed E-state index contributed by atoms with van der Waals surface area (Å²) < 4.78 is 13.4. The first-order valence-electron chi connectivity index (χ1n) is 4.26. The van der Waals surface area contributed by atoms with Gasteiger partial charge < -0.3 is 5.11 Å². The molecule has 0 bridgehead atoms. The fourth-order valence-electron chi connectivity index (χ4n) is 1.37. The predicted molar refractivity (Wildman–Crippen MR) is 56.7 cm³/mol. The molecule has 2 aromatic rings. The van der Waals surface area contributed by atoms with Crippen molar-refractivity contribution in [3.63, 3.8) is 0 Å². The van der Waals surface area contributed by atoms with Crippen LogP contribution in [0.4, 0.5) is 4.39 Å². The number of carboxylic acid groups (broad SMARTS) is 1. The minimum atomic E-state index is -1.02. The maximum absolute atomic E-state index is 13.4. The van der Waals surface area contributed by atoms with Gasteiger partial charge in [0.15, 0.2) is 0 Å². The second kappa shape index (κ2) is 3.82. The van der Waals surface area contributed by atoms with Gasteiger partial charge in [0.2, 0.25) is 0 Å². The van der Waals surface area contributed by atoms with Gasteiger partial charge in [-0.25, -0.2) is 9.18 Å². The molecule has 0 saturated carbocycles. The molecular formula is C11H7FO2S. The molecule has 1 aromatic heterocycles. The number of hydrogen-bond acceptors (Lipinski definition) is 2. The summed E-state index contributed by atoms with van der Waals surface area (Å²) in [5, 5.41) is 10.5. The normalized spacial score (nSPS) is 10.2. The third kappa shape index (κ3) is 1.76. The largest absolute Gasteiger partial charge is 0.477 e. The highest BCUT2D eigenvalue weighted by molar-refractivity contribution is 7.12. The van der Waals surface area contributed by atoms with E-state index in [1.54, 1.807) is 29.6 Å². The van der Waals surface area contributed by atoms with Gasteiger partial charge in [-0.3, -0.25) is 0 Å². The molecule has 0 saturated heterocycles. The van der Waals surface area contributed by atoms with Crippen LogP contribution >= 0.6 is 11.3 Å². The first kappa shape index (κ1) is 9.86. The Morgan fingerprint density at radius 2 is 1.93 bits per heavy atom. The van der Waals surface area contributed by atoms with Gasteiger partial charge in [0.05, 0.1) is 0 Å². The zero-order valence-electron chi connectivity index (χ0n) is 7.61. The maximum Gasteiger partial charge on any atom is 0.346 e. The lowest BCUT2D eigenvalue weighted by Gasteiger charge is -2.01. The first-order valence-corrected chi connectivity index (χ1v) is 5.14. The molecule has 2 nitrogen and oxygen atoms in total. The molecule has 0 fully saturated rings. The second-order valence-electron chi connectivity index (χ2n) is 2.95. The lowest BCUT2D eigenvalue weighted by atomic mass is 10.1. The lowest BCUT2D eigenvalue weighted by Crippen LogP contribution is -1.95. The summed E-state index contributed by atoms with van der Waals surface area (Å²) in [6.07, 6.45) is 0. The molecule has 0 spiro atoms. The van der Waals surface area contributed by atoms with Crippen LogP contribution in [0.3, 0.4) is 0 Å². The molecule has 0 amide bonds. The molecule has 4 heteroatoms. The highest BCUT2D eigenvalue weighted by Gasteiger charge is 2.15. The van der Waals surface area contributed by atoms with E-state index in [9.17, 15) is 9.18 Å². The average molecular weight is 222 g/mol. The number of rotatable bonds is 2. The van der Waals surface area contributed by atoms with Gasteiger partial charge in [-0.2, -0.15) is 0 Å². The van der Waals surface area contributed by atoms with Gasteiger partial charge in [0.25, 0.3) is 0 Å². The number of benzene rings is 1. The van der Waals surface area contributed by atoms with Crippen molar-refractivity contribution in [1.29, 1.82) is 0 Å². The molecule has 0 aliphatic carbocycles. The van der Waals surface area contributed by atoms with Crippen LogP contribution in [-0.4, -0.2) is 11.1 Å². The van der Waals surface area contributed by atoms with Crippen LogP contribution in [0.5, 0.6) is 0 Å². The van der Waals surface area contributed by atoms with E-state index in [0.717, 1.165) is 11.3 Å². The van der Waals surface area contributed by atoms with E-state index >= 15 is 0 Å². The third-order valence-corrected chi connectivity index (χ3v) is 2.93. The van der Waals surface area contributed by atoms with Gasteiger partial charge in [-0.1, -0.05) is 18.2 Å². The molecule has 0 atom stereocenters. The second-order valence-corrected chi connectivity index (χ2v) is 3.86. The van der Waals surface area contributed by atoms with Crippen molar-refractivity contribution in [1.82, 2.24) is 0 Å². The van der Waals surface area contributed by atoms with Crippen LogP contribution in [0.2, 0.25) is 0 Å². The highest BCUT2D eigenvalue weighted by Crippen LogP contribution is 2.29. The van der Waals surface area contributed by atoms with E-state index in [0.29, 0.717) is 11.1 Å². The Morgan fingerprint density at radius 3 is 2.60 bits per heavy atom. The van der Waals surface area contributed by atoms with Gasteiger partial charge in [0, 0.05) is 11.1 Å². The van der Waals surface area contributed by atoms with E-state index in [2.05, 4.69) is 0 Å². The number of carboxylic acids is 1. The van der Waals surface area contributed by atoms with Gasteiger partial charge in [-0.15, -0.1) is 11.3 Å². The van der Waals surface area contributed by atoms with Crippen LogP contribution in [-0.2, 0) is 0 Å². The monoisotopic (exact) mass is 222 g/mol. The first-order chi connectivity index (χ1) is 7.20. The third-order valence-electron chi connectivity index (χ3n) is 2.02. The average Bonchev–Trinajstić information content (AvgIpc) is 2.67. The zero-order valence-corrected chi connectivity index (χ0v) is 8.42. The number of aromatic carboxylic acids is 1. The highest BCUT2D eigenvalue weighted by atomic mass is 32.1. The van der Waals surface area contributed by atoms with Crippen LogP contribution in [0, 0.1) is 5.82 Å². The van der Waals surface area contributed by atoms with E-state index in [1.165, 1.54) is 6.07 Å². The van der Waals surface area contributed by atoms with E-state index in [1.807, 2.05) is 0 Å². The summed E-state index contributed by atoms with van der Waals surface area (Å²) in [7, 11) is 0. The van der Waals surface area contributed by atoms with E-state index < -0.39 is 11.8 Å². The lowest BCUT2D eigenvalue weighted by molar-refractivity contribution is 0.0703. The van der Waals surface area contributed by atoms with Gasteiger partial charge in [0.1, 0.15) is 10.7 Å². The smallest absolute Gasteiger partial charge is 0.346 e. The maximum atomic E-state index is 13.4. The fourth-order valence-corrected chi connectivity index (χ4v) is 2.11. The standard InChI is InChI=1S/C11H7FO2S/c12-9-4-2-1-3-7(9)8-5-6-15-10(8)11(13)14/h1-6H,(H,13,14). The summed E-state index contributed by atoms with van der Waals surface area (Å²) in [4.78, 5) is 11.0. The van der Waals surface area contributed by atoms with Crippen LogP contribution in [0.1, 0.15) is 9.67 Å². The topological polar surface area (TPSA) is 37.3 Å². The summed E-state index contributed by atoms with van der Waals surface area (Å²) in [5.74, 6) is -1.43. The van der Waals surface area contributed by atoms with Crippen molar-refractivity contribution < 1.29 is 14.3 Å². The van der Waals surface area contributed by atoms with Gasteiger partial charge in [-0.05, 0) is 17.5 Å². The molecular weight excluding hydrogens is 215 g/mol. The number of hydrogen-bond donors (Lipinski definition) is 1. The number of carbonyl (C=O) groups is 1. The molecule has 2 rings (SSSR count). The molecule has 1 aromatic carbocycles. The van der Waals surface area contributed by atoms with Crippen LogP contribution < -0.4 is 0 Å². The summed E-state index contributed by atoms with van der Waals surface area (Å²) in [6.45, 7) is 0. The summed E-state index contributed by atoms with van der Waals surface area (Å²) in [6, 6.07) is 7.77. The Labute approximate surface area is 89.6 Å². The number of thiophene rings is 1. The zero-order chi connectivity index (χ0) is 10.8. The van der Waals surface area contributed by atoms with Crippen LogP contribution in [0.25, 0.3) is 11.1 Å². The quantitative estimate of drug-likeness (QED) is 0.846. The SMILES string of the molecule is O=C(O)c1sccc1-c1ccccc1F. The summed E-state index contributed by atoms with van der Waals surface area (Å²) >= 11 is 1.09. The minimum Gasteiger partial charge on any atom is -0.477 e. The van der Waals surface area contributed by atoms with Crippen molar-refractivity contribution >= 4 is 17.3 Å². The molecule has 76 valence electrons. The molecule has 0 aliphatic rings. The summed E-state index contributed by atoms with van der Waals surface area (Å²) in [5.41, 5.74) is 0.766. The van der Waals surface area contributed by atoms with E-state index in [4.69, 9.17) is 5.11 Å². The van der Waals surface area contributed by atoms with E-state index in [-0.39, 0.29) is 4.88 Å². The minimum absolute atomic E-state index is 0.167. The van der Waals surface area contributed by atoms with Crippen molar-refractivity contribution in [3.8, 4) is 11.1 Å². The fraction of sp³-hybridized carbons (Fsp3) is 0. The molecule has 0 aliphatic heterocycles. The van der Waals surface area contributed by atoms with Crippen molar-refractivity contribution in [2.75, 3.05) is 0 Å². The Balaban J connectivity index is 2.59. The van der Waals surface area contributed by atoms with Crippen molar-refractivity contribution in [3.05, 3.63) is 46.4 Å². The molecule has 0 unspecified atom stereocenters. The van der Waals surface area contributed by atoms with Crippen molar-refractivity contribution in [2.24, 2.45) is 0 Å². The number of halogens is 1. The Bertz CT molecular complexity index is 505. The van der Waals surface area contributed by atoms with Crippen LogP contribution in [0.15, 0.2) is 35.7 Å². The molecule has 0 radical (unpaired) electrons. The van der Waals surface area contributed by atoms with Crippen molar-refractivity contribution in [2.45, 2.75) is 0 Å². The molecule has 15 heavy (non-hydrogen) atoms. The Hall–Kier alpha value is -1.68. The van der Waals surface area contributed by atoms with Gasteiger partial charge >= 0.3 is 5.97 Å². The Morgan fingerprint density at radius 1 is 1.20 bits per heavy atom. The molecule has 1 heterocycles.